The maximum atomic E-state index is 14.5. The van der Waals surface area contributed by atoms with Crippen molar-refractivity contribution < 1.29 is 29.0 Å². The summed E-state index contributed by atoms with van der Waals surface area (Å²) in [6.07, 6.45) is 8.44. The lowest BCUT2D eigenvalue weighted by molar-refractivity contribution is -0.155. The molecule has 0 saturated carbocycles. The molecule has 3 aliphatic heterocycles. The van der Waals surface area contributed by atoms with Crippen LogP contribution in [0.3, 0.4) is 0 Å². The minimum Gasteiger partial charge on any atom is -0.465 e. The number of ether oxygens (including phenoxy) is 2. The van der Waals surface area contributed by atoms with Crippen LogP contribution in [-0.2, 0) is 30.5 Å². The van der Waals surface area contributed by atoms with E-state index in [9.17, 15) is 14.4 Å². The van der Waals surface area contributed by atoms with Crippen molar-refractivity contribution in [3.63, 3.8) is 0 Å². The summed E-state index contributed by atoms with van der Waals surface area (Å²) in [6.45, 7) is 8.66. The highest BCUT2D eigenvalue weighted by Crippen LogP contribution is 2.58. The molecule has 226 valence electrons. The zero-order valence-electron chi connectivity index (χ0n) is 24.1. The molecule has 4 heterocycles. The van der Waals surface area contributed by atoms with E-state index in [0.717, 1.165) is 30.3 Å². The van der Waals surface area contributed by atoms with Crippen molar-refractivity contribution in [1.29, 1.82) is 0 Å². The SMILES string of the molecule is C=CCCCOC(=O)[C@@H]1[C@@H]2CCC3(O2)C(C(=O)N(CC=C)Cn2nnc4ccccc42)N(CCCCCCO)C(=O)[C@H]13. The molecule has 1 spiro atoms. The summed E-state index contributed by atoms with van der Waals surface area (Å²) in [7, 11) is 0. The van der Waals surface area contributed by atoms with E-state index in [-0.39, 0.29) is 38.2 Å². The molecule has 11 heteroatoms. The number of esters is 1. The molecular formula is C31H41N5O6. The summed E-state index contributed by atoms with van der Waals surface area (Å²) in [5.74, 6) is -2.43. The number of aliphatic hydroxyl groups excluding tert-OH is 1. The van der Waals surface area contributed by atoms with Crippen LogP contribution >= 0.6 is 0 Å². The van der Waals surface area contributed by atoms with Gasteiger partial charge in [-0.1, -0.05) is 42.3 Å². The Kier molecular flexibility index (Phi) is 9.37. The van der Waals surface area contributed by atoms with Crippen LogP contribution in [0.25, 0.3) is 11.0 Å². The number of likely N-dealkylation sites (tertiary alicyclic amines) is 1. The van der Waals surface area contributed by atoms with E-state index in [1.165, 1.54) is 0 Å². The summed E-state index contributed by atoms with van der Waals surface area (Å²) < 4.78 is 13.8. The largest absolute Gasteiger partial charge is 0.465 e. The van der Waals surface area contributed by atoms with Crippen LogP contribution in [0.5, 0.6) is 0 Å². The van der Waals surface area contributed by atoms with Gasteiger partial charge in [-0.2, -0.15) is 0 Å². The average Bonchev–Trinajstić information content (AvgIpc) is 3.74. The fourth-order valence-corrected chi connectivity index (χ4v) is 6.91. The Morgan fingerprint density at radius 1 is 1.17 bits per heavy atom. The lowest BCUT2D eigenvalue weighted by Gasteiger charge is -2.36. The minimum absolute atomic E-state index is 0.119. The number of allylic oxidation sites excluding steroid dienone is 1. The van der Waals surface area contributed by atoms with Crippen LogP contribution in [-0.4, -0.2) is 91.7 Å². The number of nitrogens with zero attached hydrogens (tertiary/aromatic N) is 5. The number of hydrogen-bond donors (Lipinski definition) is 1. The summed E-state index contributed by atoms with van der Waals surface area (Å²) >= 11 is 0. The first-order valence-corrected chi connectivity index (χ1v) is 15.0. The number of carbonyl (C=O) groups excluding carboxylic acids is 3. The number of rotatable bonds is 16. The van der Waals surface area contributed by atoms with Gasteiger partial charge < -0.3 is 24.4 Å². The molecule has 1 N–H and O–H groups in total. The zero-order chi connectivity index (χ0) is 29.7. The Balaban J connectivity index is 1.43. The predicted molar refractivity (Wildman–Crippen MR) is 155 cm³/mol. The third-order valence-corrected chi connectivity index (χ3v) is 8.80. The molecule has 3 fully saturated rings. The average molecular weight is 580 g/mol. The summed E-state index contributed by atoms with van der Waals surface area (Å²) in [5.41, 5.74) is 0.407. The monoisotopic (exact) mass is 579 g/mol. The fourth-order valence-electron chi connectivity index (χ4n) is 6.91. The lowest BCUT2D eigenvalue weighted by atomic mass is 9.70. The van der Waals surface area contributed by atoms with Crippen molar-refractivity contribution in [1.82, 2.24) is 24.8 Å². The van der Waals surface area contributed by atoms with Crippen LogP contribution < -0.4 is 0 Å². The van der Waals surface area contributed by atoms with Crippen molar-refractivity contribution in [3.8, 4) is 0 Å². The quantitative estimate of drug-likeness (QED) is 0.183. The number of fused-ring (bicyclic) bond motifs is 2. The van der Waals surface area contributed by atoms with Crippen molar-refractivity contribution in [2.45, 2.75) is 75.8 Å². The molecular weight excluding hydrogens is 538 g/mol. The first-order chi connectivity index (χ1) is 20.5. The van der Waals surface area contributed by atoms with E-state index in [4.69, 9.17) is 14.6 Å². The predicted octanol–water partition coefficient (Wildman–Crippen LogP) is 2.84. The van der Waals surface area contributed by atoms with E-state index < -0.39 is 35.6 Å². The van der Waals surface area contributed by atoms with Crippen molar-refractivity contribution in [2.75, 3.05) is 26.3 Å². The number of unbranched alkanes of at least 4 members (excludes halogenated alkanes) is 4. The Bertz CT molecular complexity index is 1310. The molecule has 2 unspecified atom stereocenters. The van der Waals surface area contributed by atoms with Crippen LogP contribution in [0.2, 0.25) is 0 Å². The molecule has 2 bridgehead atoms. The Morgan fingerprint density at radius 3 is 2.76 bits per heavy atom. The molecule has 1 aromatic heterocycles. The maximum absolute atomic E-state index is 14.5. The van der Waals surface area contributed by atoms with Crippen molar-refractivity contribution >= 4 is 28.8 Å². The van der Waals surface area contributed by atoms with Crippen LogP contribution in [0.1, 0.15) is 51.4 Å². The number of aromatic nitrogens is 3. The number of hydrogen-bond acceptors (Lipinski definition) is 8. The third-order valence-electron chi connectivity index (χ3n) is 8.80. The van der Waals surface area contributed by atoms with Gasteiger partial charge in [-0.25, -0.2) is 4.68 Å². The standard InChI is InChI=1S/C31H41N5O6/c1-3-5-12-20-41-30(40)25-24-15-16-31(42-24)26(25)28(38)35(18-10-6-7-11-19-37)27(31)29(39)34(17-4-2)21-36-23-14-9-8-13-22(23)32-33-36/h3-4,8-9,13-14,24-27,37H,1-2,5-7,10-12,15-21H2/t24-,25+,26-,27?,31?/m0/s1. The first kappa shape index (κ1) is 29.9. The second kappa shape index (κ2) is 13.2. The van der Waals surface area contributed by atoms with Gasteiger partial charge in [0, 0.05) is 19.7 Å². The van der Waals surface area contributed by atoms with Gasteiger partial charge >= 0.3 is 5.97 Å². The van der Waals surface area contributed by atoms with Gasteiger partial charge in [0.15, 0.2) is 0 Å². The molecule has 5 rings (SSSR count). The van der Waals surface area contributed by atoms with Gasteiger partial charge in [0.1, 0.15) is 23.8 Å². The Labute approximate surface area is 246 Å². The van der Waals surface area contributed by atoms with Gasteiger partial charge in [-0.15, -0.1) is 18.3 Å². The summed E-state index contributed by atoms with van der Waals surface area (Å²) in [5, 5.41) is 17.7. The molecule has 0 aliphatic carbocycles. The van der Waals surface area contributed by atoms with E-state index in [0.29, 0.717) is 38.6 Å². The zero-order valence-corrected chi connectivity index (χ0v) is 24.1. The number of carbonyl (C=O) groups is 3. The molecule has 2 amide bonds. The molecule has 11 nitrogen and oxygen atoms in total. The molecule has 5 atom stereocenters. The van der Waals surface area contributed by atoms with Gasteiger partial charge in [0.25, 0.3) is 0 Å². The molecule has 3 aliphatic rings. The first-order valence-electron chi connectivity index (χ1n) is 15.0. The van der Waals surface area contributed by atoms with Gasteiger partial charge in [-0.05, 0) is 50.7 Å². The highest BCUT2D eigenvalue weighted by molar-refractivity contribution is 5.98. The highest BCUT2D eigenvalue weighted by Gasteiger charge is 2.75. The molecule has 3 saturated heterocycles. The smallest absolute Gasteiger partial charge is 0.312 e. The molecule has 2 aromatic rings. The van der Waals surface area contributed by atoms with Gasteiger partial charge in [0.05, 0.1) is 30.1 Å². The third kappa shape index (κ3) is 5.47. The Morgan fingerprint density at radius 2 is 1.98 bits per heavy atom. The number of benzene rings is 1. The number of aliphatic hydroxyl groups is 1. The topological polar surface area (TPSA) is 127 Å². The van der Waals surface area contributed by atoms with Crippen LogP contribution in [0, 0.1) is 11.8 Å². The lowest BCUT2D eigenvalue weighted by Crippen LogP contribution is -2.56. The van der Waals surface area contributed by atoms with Crippen molar-refractivity contribution in [3.05, 3.63) is 49.6 Å². The van der Waals surface area contributed by atoms with E-state index in [2.05, 4.69) is 23.5 Å². The Hall–Kier alpha value is -3.57. The maximum Gasteiger partial charge on any atom is 0.312 e. The number of amides is 2. The van der Waals surface area contributed by atoms with E-state index >= 15 is 0 Å². The van der Waals surface area contributed by atoms with Crippen LogP contribution in [0.4, 0.5) is 0 Å². The van der Waals surface area contributed by atoms with E-state index in [1.54, 1.807) is 26.6 Å². The minimum atomic E-state index is -1.10. The molecule has 42 heavy (non-hydrogen) atoms. The van der Waals surface area contributed by atoms with Crippen LogP contribution in [0.15, 0.2) is 49.6 Å². The summed E-state index contributed by atoms with van der Waals surface area (Å²) in [6, 6.07) is 6.64. The van der Waals surface area contributed by atoms with Gasteiger partial charge in [-0.3, -0.25) is 14.4 Å². The summed E-state index contributed by atoms with van der Waals surface area (Å²) in [4.78, 5) is 45.2. The highest BCUT2D eigenvalue weighted by atomic mass is 16.6. The second-order valence-electron chi connectivity index (χ2n) is 11.4. The molecule has 0 radical (unpaired) electrons. The second-order valence-corrected chi connectivity index (χ2v) is 11.4. The normalized spacial score (nSPS) is 26.0. The van der Waals surface area contributed by atoms with Gasteiger partial charge in [0.2, 0.25) is 11.8 Å². The van der Waals surface area contributed by atoms with E-state index in [1.807, 2.05) is 24.3 Å². The molecule has 1 aromatic carbocycles. The fraction of sp³-hybridized carbons (Fsp3) is 0.581. The number of para-hydroxylation sites is 1. The van der Waals surface area contributed by atoms with Crippen molar-refractivity contribution in [2.24, 2.45) is 11.8 Å².